The van der Waals surface area contributed by atoms with Crippen LogP contribution in [0.1, 0.15) is 23.1 Å². The van der Waals surface area contributed by atoms with Crippen LogP contribution in [0.4, 0.5) is 5.69 Å². The molecule has 0 aliphatic carbocycles. The van der Waals surface area contributed by atoms with E-state index in [1.165, 1.54) is 5.56 Å². The number of nitrogens with zero attached hydrogens (tertiary/aromatic N) is 1. The van der Waals surface area contributed by atoms with Crippen LogP contribution in [0.5, 0.6) is 0 Å². The lowest BCUT2D eigenvalue weighted by Gasteiger charge is -2.05. The molecular weight excluding hydrogens is 238 g/mol. The third kappa shape index (κ3) is 3.65. The number of hydrogen-bond acceptors (Lipinski definition) is 2. The van der Waals surface area contributed by atoms with Crippen molar-refractivity contribution in [2.75, 3.05) is 0 Å². The van der Waals surface area contributed by atoms with Crippen molar-refractivity contribution in [3.63, 3.8) is 0 Å². The van der Waals surface area contributed by atoms with Crippen molar-refractivity contribution in [2.45, 2.75) is 19.3 Å². The molecule has 3 heteroatoms. The topological polar surface area (TPSA) is 43.1 Å². The summed E-state index contributed by atoms with van der Waals surface area (Å²) < 4.78 is 0. The molecule has 2 rings (SSSR count). The Morgan fingerprint density at radius 1 is 1.00 bits per heavy atom. The highest BCUT2D eigenvalue weighted by Crippen LogP contribution is 2.15. The van der Waals surface area contributed by atoms with Gasteiger partial charge in [-0.15, -0.1) is 0 Å². The number of nitro benzene ring substituents is 1. The van der Waals surface area contributed by atoms with Gasteiger partial charge in [-0.25, -0.2) is 0 Å². The van der Waals surface area contributed by atoms with Crippen LogP contribution < -0.4 is 0 Å². The first-order valence-corrected chi connectivity index (χ1v) is 6.30. The van der Waals surface area contributed by atoms with Crippen LogP contribution in [0.15, 0.2) is 48.5 Å². The fourth-order valence-electron chi connectivity index (χ4n) is 2.07. The maximum Gasteiger partial charge on any atom is 0.269 e. The standard InChI is InChI=1S/C16H16NO2/c1-13-5-2-3-7-15(13)8-4-6-14-9-11-16(12-10-14)17(18)19/h2-3,5,7,9-12H,1,4,6,8H2. The van der Waals surface area contributed by atoms with Gasteiger partial charge in [0.25, 0.3) is 5.69 Å². The Labute approximate surface area is 113 Å². The minimum absolute atomic E-state index is 0.145. The van der Waals surface area contributed by atoms with Gasteiger partial charge in [0.2, 0.25) is 0 Å². The first-order valence-electron chi connectivity index (χ1n) is 6.30. The number of rotatable bonds is 5. The van der Waals surface area contributed by atoms with Gasteiger partial charge in [-0.05, 0) is 42.9 Å². The molecule has 1 radical (unpaired) electrons. The molecule has 0 amide bonds. The zero-order valence-corrected chi connectivity index (χ0v) is 10.7. The molecule has 3 nitrogen and oxygen atoms in total. The third-order valence-electron chi connectivity index (χ3n) is 3.18. The van der Waals surface area contributed by atoms with Gasteiger partial charge >= 0.3 is 0 Å². The highest BCUT2D eigenvalue weighted by Gasteiger charge is 2.04. The van der Waals surface area contributed by atoms with Crippen molar-refractivity contribution in [1.29, 1.82) is 0 Å². The van der Waals surface area contributed by atoms with E-state index in [4.69, 9.17) is 0 Å². The van der Waals surface area contributed by atoms with Gasteiger partial charge in [-0.1, -0.05) is 36.4 Å². The number of aryl methyl sites for hydroxylation is 2. The zero-order chi connectivity index (χ0) is 13.7. The second-order valence-corrected chi connectivity index (χ2v) is 4.55. The van der Waals surface area contributed by atoms with Gasteiger partial charge in [0, 0.05) is 12.1 Å². The van der Waals surface area contributed by atoms with E-state index in [0.717, 1.165) is 30.4 Å². The minimum atomic E-state index is -0.372. The Balaban J connectivity index is 1.89. The second kappa shape index (κ2) is 6.14. The Morgan fingerprint density at radius 3 is 2.32 bits per heavy atom. The van der Waals surface area contributed by atoms with Crippen LogP contribution in [0, 0.1) is 17.0 Å². The number of non-ortho nitro benzene ring substituents is 1. The predicted molar refractivity (Wildman–Crippen MR) is 76.0 cm³/mol. The highest BCUT2D eigenvalue weighted by molar-refractivity contribution is 5.33. The molecular formula is C16H16NO2. The predicted octanol–water partition coefficient (Wildman–Crippen LogP) is 3.95. The number of nitro groups is 1. The molecule has 0 fully saturated rings. The van der Waals surface area contributed by atoms with E-state index >= 15 is 0 Å². The Morgan fingerprint density at radius 2 is 1.68 bits per heavy atom. The molecule has 0 spiro atoms. The van der Waals surface area contributed by atoms with Gasteiger partial charge in [-0.3, -0.25) is 10.1 Å². The lowest BCUT2D eigenvalue weighted by atomic mass is 10.0. The van der Waals surface area contributed by atoms with Gasteiger partial charge < -0.3 is 0 Å². The van der Waals surface area contributed by atoms with E-state index in [0.29, 0.717) is 0 Å². The normalized spacial score (nSPS) is 10.4. The quantitative estimate of drug-likeness (QED) is 0.599. The van der Waals surface area contributed by atoms with Gasteiger partial charge in [0.05, 0.1) is 4.92 Å². The molecule has 97 valence electrons. The highest BCUT2D eigenvalue weighted by atomic mass is 16.6. The molecule has 0 heterocycles. The largest absolute Gasteiger partial charge is 0.269 e. The van der Waals surface area contributed by atoms with E-state index in [1.807, 2.05) is 30.3 Å². The average molecular weight is 254 g/mol. The molecule has 0 saturated heterocycles. The Hall–Kier alpha value is -2.16. The summed E-state index contributed by atoms with van der Waals surface area (Å²) in [5.74, 6) is 0. The third-order valence-corrected chi connectivity index (χ3v) is 3.18. The Bertz CT molecular complexity index is 561. The van der Waals surface area contributed by atoms with Crippen molar-refractivity contribution in [1.82, 2.24) is 0 Å². The average Bonchev–Trinajstić information content (AvgIpc) is 2.41. The first kappa shape index (κ1) is 13.3. The van der Waals surface area contributed by atoms with Crippen molar-refractivity contribution in [3.05, 3.63) is 82.3 Å². The fraction of sp³-hybridized carbons (Fsp3) is 0.188. The van der Waals surface area contributed by atoms with Crippen molar-refractivity contribution >= 4 is 5.69 Å². The Kier molecular flexibility index (Phi) is 4.29. The minimum Gasteiger partial charge on any atom is -0.258 e. The summed E-state index contributed by atoms with van der Waals surface area (Å²) in [5.41, 5.74) is 3.62. The maximum absolute atomic E-state index is 10.5. The van der Waals surface area contributed by atoms with E-state index in [9.17, 15) is 10.1 Å². The molecule has 0 N–H and O–H groups in total. The van der Waals surface area contributed by atoms with E-state index in [2.05, 4.69) is 13.0 Å². The molecule has 2 aromatic carbocycles. The van der Waals surface area contributed by atoms with Crippen LogP contribution in [0.3, 0.4) is 0 Å². The van der Waals surface area contributed by atoms with Gasteiger partial charge in [0.15, 0.2) is 0 Å². The van der Waals surface area contributed by atoms with E-state index < -0.39 is 0 Å². The summed E-state index contributed by atoms with van der Waals surface area (Å²) in [6, 6.07) is 14.9. The monoisotopic (exact) mass is 254 g/mol. The molecule has 0 aliphatic rings. The van der Waals surface area contributed by atoms with Crippen LogP contribution >= 0.6 is 0 Å². The maximum atomic E-state index is 10.5. The lowest BCUT2D eigenvalue weighted by Crippen LogP contribution is -1.93. The van der Waals surface area contributed by atoms with Crippen molar-refractivity contribution < 1.29 is 4.92 Å². The summed E-state index contributed by atoms with van der Waals surface area (Å²) in [4.78, 5) is 10.2. The first-order chi connectivity index (χ1) is 9.16. The van der Waals surface area contributed by atoms with Crippen LogP contribution in [-0.4, -0.2) is 4.92 Å². The summed E-state index contributed by atoms with van der Waals surface area (Å²) in [6.45, 7) is 4.00. The summed E-state index contributed by atoms with van der Waals surface area (Å²) >= 11 is 0. The van der Waals surface area contributed by atoms with Crippen LogP contribution in [0.2, 0.25) is 0 Å². The number of hydrogen-bond donors (Lipinski definition) is 0. The lowest BCUT2D eigenvalue weighted by molar-refractivity contribution is -0.384. The second-order valence-electron chi connectivity index (χ2n) is 4.55. The number of benzene rings is 2. The molecule has 0 aromatic heterocycles. The van der Waals surface area contributed by atoms with E-state index in [-0.39, 0.29) is 10.6 Å². The van der Waals surface area contributed by atoms with Crippen molar-refractivity contribution in [3.8, 4) is 0 Å². The molecule has 0 unspecified atom stereocenters. The fourth-order valence-corrected chi connectivity index (χ4v) is 2.07. The molecule has 0 saturated carbocycles. The van der Waals surface area contributed by atoms with Crippen molar-refractivity contribution in [2.24, 2.45) is 0 Å². The molecule has 0 bridgehead atoms. The van der Waals surface area contributed by atoms with Gasteiger partial charge in [0.1, 0.15) is 0 Å². The van der Waals surface area contributed by atoms with Gasteiger partial charge in [-0.2, -0.15) is 0 Å². The van der Waals surface area contributed by atoms with E-state index in [1.54, 1.807) is 12.1 Å². The molecule has 0 atom stereocenters. The smallest absolute Gasteiger partial charge is 0.258 e. The molecule has 19 heavy (non-hydrogen) atoms. The summed E-state index contributed by atoms with van der Waals surface area (Å²) in [7, 11) is 0. The van der Waals surface area contributed by atoms with Crippen LogP contribution in [-0.2, 0) is 12.8 Å². The molecule has 2 aromatic rings. The zero-order valence-electron chi connectivity index (χ0n) is 10.7. The molecule has 0 aliphatic heterocycles. The summed E-state index contributed by atoms with van der Waals surface area (Å²) in [5, 5.41) is 10.5. The van der Waals surface area contributed by atoms with Crippen LogP contribution in [0.25, 0.3) is 0 Å². The summed E-state index contributed by atoms with van der Waals surface area (Å²) in [6.07, 6.45) is 2.92. The SMILES string of the molecule is [CH2]c1ccccc1CCCc1ccc([N+](=O)[O-])cc1.